The van der Waals surface area contributed by atoms with E-state index in [2.05, 4.69) is 20.6 Å². The number of carbonyl (C=O) groups is 2. The number of ketones is 1. The van der Waals surface area contributed by atoms with Crippen LogP contribution in [0.5, 0.6) is 0 Å². The molecule has 1 aromatic heterocycles. The summed E-state index contributed by atoms with van der Waals surface area (Å²) in [6, 6.07) is 15.0. The number of nitrogens with one attached hydrogen (secondary N) is 3. The molecule has 0 aliphatic rings. The topological polar surface area (TPSA) is 128 Å². The van der Waals surface area contributed by atoms with Gasteiger partial charge in [0.15, 0.2) is 0 Å². The molecule has 0 aliphatic heterocycles. The van der Waals surface area contributed by atoms with E-state index in [9.17, 15) is 19.6 Å². The molecule has 9 heteroatoms. The average molecular weight is 408 g/mol. The number of nitrogens with zero attached hydrogens (tertiary/aromatic N) is 2. The summed E-state index contributed by atoms with van der Waals surface area (Å²) in [4.78, 5) is 42.0. The molecule has 0 bridgehead atoms. The largest absolute Gasteiger partial charge is 0.326 e. The summed E-state index contributed by atoms with van der Waals surface area (Å²) in [5, 5.41) is 15.4. The molecular weight excluding hydrogens is 394 g/mol. The molecule has 29 heavy (non-hydrogen) atoms. The van der Waals surface area contributed by atoms with Gasteiger partial charge in [-0.2, -0.15) is 5.26 Å². The standard InChI is InChI=1S/C20H14ClN5O3/c1-11(27)18(28)23-15-4-2-3-12(9-15)17-16(10-22)19(29)26-20(25-17)24-14-7-5-13(21)6-8-14/h2-9H,1H3,(H,23,28)(H2,24,25,26,29). The molecule has 0 saturated carbocycles. The third-order valence-electron chi connectivity index (χ3n) is 3.85. The predicted octanol–water partition coefficient (Wildman–Crippen LogP) is 3.23. The van der Waals surface area contributed by atoms with Crippen molar-refractivity contribution in [3.8, 4) is 17.3 Å². The van der Waals surface area contributed by atoms with Crippen LogP contribution in [0, 0.1) is 11.3 Å². The van der Waals surface area contributed by atoms with Gasteiger partial charge in [0.2, 0.25) is 11.7 Å². The Balaban J connectivity index is 2.02. The van der Waals surface area contributed by atoms with Gasteiger partial charge in [-0.3, -0.25) is 19.4 Å². The monoisotopic (exact) mass is 407 g/mol. The Morgan fingerprint density at radius 2 is 1.86 bits per heavy atom. The molecule has 0 fully saturated rings. The van der Waals surface area contributed by atoms with Crippen molar-refractivity contribution in [2.24, 2.45) is 0 Å². The summed E-state index contributed by atoms with van der Waals surface area (Å²) < 4.78 is 0. The molecule has 1 amide bonds. The lowest BCUT2D eigenvalue weighted by atomic mass is 10.1. The van der Waals surface area contributed by atoms with Gasteiger partial charge in [0.25, 0.3) is 11.5 Å². The van der Waals surface area contributed by atoms with Gasteiger partial charge >= 0.3 is 0 Å². The van der Waals surface area contributed by atoms with Crippen LogP contribution in [-0.2, 0) is 9.59 Å². The number of H-pyrrole nitrogens is 1. The zero-order valence-corrected chi connectivity index (χ0v) is 15.9. The van der Waals surface area contributed by atoms with Crippen LogP contribution in [0.3, 0.4) is 0 Å². The number of nitriles is 1. The van der Waals surface area contributed by atoms with Crippen LogP contribution in [0.4, 0.5) is 17.3 Å². The lowest BCUT2D eigenvalue weighted by Crippen LogP contribution is -2.19. The first kappa shape index (κ1) is 19.8. The Kier molecular flexibility index (Phi) is 5.71. The van der Waals surface area contributed by atoms with E-state index in [0.717, 1.165) is 6.92 Å². The maximum absolute atomic E-state index is 12.4. The highest BCUT2D eigenvalue weighted by Crippen LogP contribution is 2.24. The van der Waals surface area contributed by atoms with Crippen molar-refractivity contribution in [2.45, 2.75) is 6.92 Å². The molecule has 144 valence electrons. The fraction of sp³-hybridized carbons (Fsp3) is 0.0500. The number of amides is 1. The molecule has 3 aromatic rings. The summed E-state index contributed by atoms with van der Waals surface area (Å²) in [5.41, 5.74) is 0.727. The molecule has 3 rings (SSSR count). The minimum Gasteiger partial charge on any atom is -0.326 e. The number of halogens is 1. The number of aromatic amines is 1. The quantitative estimate of drug-likeness (QED) is 0.557. The van der Waals surface area contributed by atoms with E-state index in [1.54, 1.807) is 42.5 Å². The first-order valence-corrected chi connectivity index (χ1v) is 8.74. The SMILES string of the molecule is CC(=O)C(=O)Nc1cccc(-c2nc(Nc3ccc(Cl)cc3)[nH]c(=O)c2C#N)c1. The summed E-state index contributed by atoms with van der Waals surface area (Å²) >= 11 is 5.87. The highest BCUT2D eigenvalue weighted by Gasteiger charge is 2.15. The van der Waals surface area contributed by atoms with Gasteiger partial charge in [0.1, 0.15) is 11.6 Å². The number of aromatic nitrogens is 2. The molecule has 0 unspecified atom stereocenters. The highest BCUT2D eigenvalue weighted by atomic mass is 35.5. The van der Waals surface area contributed by atoms with Gasteiger partial charge in [-0.15, -0.1) is 0 Å². The zero-order valence-electron chi connectivity index (χ0n) is 15.1. The minimum absolute atomic E-state index is 0.129. The highest BCUT2D eigenvalue weighted by molar-refractivity contribution is 6.39. The molecule has 0 aliphatic carbocycles. The number of benzene rings is 2. The van der Waals surface area contributed by atoms with Crippen molar-refractivity contribution in [3.05, 3.63) is 69.5 Å². The van der Waals surface area contributed by atoms with Crippen LogP contribution in [0.15, 0.2) is 53.3 Å². The Morgan fingerprint density at radius 1 is 1.14 bits per heavy atom. The fourth-order valence-corrected chi connectivity index (χ4v) is 2.60. The number of carbonyl (C=O) groups excluding carboxylic acids is 2. The summed E-state index contributed by atoms with van der Waals surface area (Å²) in [6.45, 7) is 1.15. The van der Waals surface area contributed by atoms with Crippen molar-refractivity contribution >= 4 is 40.6 Å². The molecule has 0 atom stereocenters. The second kappa shape index (κ2) is 8.37. The third kappa shape index (κ3) is 4.66. The van der Waals surface area contributed by atoms with E-state index >= 15 is 0 Å². The van der Waals surface area contributed by atoms with Gasteiger partial charge < -0.3 is 10.6 Å². The molecular formula is C20H14ClN5O3. The molecule has 1 heterocycles. The second-order valence-electron chi connectivity index (χ2n) is 5.97. The summed E-state index contributed by atoms with van der Waals surface area (Å²) in [7, 11) is 0. The van der Waals surface area contributed by atoms with Gasteiger partial charge in [-0.25, -0.2) is 4.98 Å². The van der Waals surface area contributed by atoms with E-state index in [1.807, 2.05) is 6.07 Å². The zero-order chi connectivity index (χ0) is 21.0. The first-order valence-electron chi connectivity index (χ1n) is 8.36. The summed E-state index contributed by atoms with van der Waals surface area (Å²) in [5.74, 6) is -1.28. The maximum Gasteiger partial charge on any atom is 0.291 e. The van der Waals surface area contributed by atoms with E-state index in [0.29, 0.717) is 22.0 Å². The van der Waals surface area contributed by atoms with Gasteiger partial charge in [-0.1, -0.05) is 23.7 Å². The number of rotatable bonds is 5. The van der Waals surface area contributed by atoms with Crippen molar-refractivity contribution < 1.29 is 9.59 Å². The van der Waals surface area contributed by atoms with E-state index < -0.39 is 17.2 Å². The van der Waals surface area contributed by atoms with Gasteiger partial charge in [-0.05, 0) is 36.4 Å². The molecule has 0 saturated heterocycles. The molecule has 3 N–H and O–H groups in total. The van der Waals surface area contributed by atoms with Gasteiger partial charge in [0, 0.05) is 28.9 Å². The Bertz CT molecular complexity index is 1200. The Hall–Kier alpha value is -3.96. The van der Waals surface area contributed by atoms with Crippen LogP contribution in [0.2, 0.25) is 5.02 Å². The predicted molar refractivity (Wildman–Crippen MR) is 109 cm³/mol. The molecule has 8 nitrogen and oxygen atoms in total. The molecule has 0 radical (unpaired) electrons. The maximum atomic E-state index is 12.4. The van der Waals surface area contributed by atoms with Crippen molar-refractivity contribution in [3.63, 3.8) is 0 Å². The second-order valence-corrected chi connectivity index (χ2v) is 6.41. The normalized spacial score (nSPS) is 10.1. The van der Waals surface area contributed by atoms with Crippen molar-refractivity contribution in [2.75, 3.05) is 10.6 Å². The number of hydrogen-bond donors (Lipinski definition) is 3. The lowest BCUT2D eigenvalue weighted by molar-refractivity contribution is -0.133. The third-order valence-corrected chi connectivity index (χ3v) is 4.10. The smallest absolute Gasteiger partial charge is 0.291 e. The van der Waals surface area contributed by atoms with Crippen molar-refractivity contribution in [1.82, 2.24) is 9.97 Å². The van der Waals surface area contributed by atoms with Crippen LogP contribution < -0.4 is 16.2 Å². The average Bonchev–Trinajstić information content (AvgIpc) is 2.69. The van der Waals surface area contributed by atoms with Crippen LogP contribution in [0.1, 0.15) is 12.5 Å². The van der Waals surface area contributed by atoms with E-state index in [4.69, 9.17) is 11.6 Å². The number of anilines is 3. The van der Waals surface area contributed by atoms with Crippen LogP contribution >= 0.6 is 11.6 Å². The first-order chi connectivity index (χ1) is 13.9. The van der Waals surface area contributed by atoms with Gasteiger partial charge in [0.05, 0.1) is 5.69 Å². The molecule has 0 spiro atoms. The van der Waals surface area contributed by atoms with E-state index in [-0.39, 0.29) is 17.2 Å². The van der Waals surface area contributed by atoms with Crippen LogP contribution in [0.25, 0.3) is 11.3 Å². The number of hydrogen-bond acceptors (Lipinski definition) is 6. The lowest BCUT2D eigenvalue weighted by Gasteiger charge is -2.10. The Morgan fingerprint density at radius 3 is 2.52 bits per heavy atom. The summed E-state index contributed by atoms with van der Waals surface area (Å²) in [6.07, 6.45) is 0. The van der Waals surface area contributed by atoms with Crippen molar-refractivity contribution in [1.29, 1.82) is 5.26 Å². The fourth-order valence-electron chi connectivity index (χ4n) is 2.48. The number of Topliss-reactive ketones (excluding diaryl/α,β-unsaturated/α-hetero) is 1. The minimum atomic E-state index is -0.772. The van der Waals surface area contributed by atoms with Crippen LogP contribution in [-0.4, -0.2) is 21.7 Å². The Labute approximate surface area is 170 Å². The van der Waals surface area contributed by atoms with E-state index in [1.165, 1.54) is 6.07 Å². The molecule has 2 aromatic carbocycles.